The highest BCUT2D eigenvalue weighted by atomic mass is 16.4. The predicted molar refractivity (Wildman–Crippen MR) is 77.8 cm³/mol. The van der Waals surface area contributed by atoms with Gasteiger partial charge in [-0.1, -0.05) is 6.42 Å². The molecule has 1 fully saturated rings. The van der Waals surface area contributed by atoms with E-state index in [0.717, 1.165) is 6.42 Å². The Morgan fingerprint density at radius 3 is 2.29 bits per heavy atom. The Morgan fingerprint density at radius 1 is 1.29 bits per heavy atom. The van der Waals surface area contributed by atoms with Crippen molar-refractivity contribution >= 4 is 17.9 Å². The lowest BCUT2D eigenvalue weighted by Gasteiger charge is -2.38. The smallest absolute Gasteiger partial charge is 0.317 e. The van der Waals surface area contributed by atoms with E-state index in [1.165, 1.54) is 4.90 Å². The summed E-state index contributed by atoms with van der Waals surface area (Å²) >= 11 is 0. The third kappa shape index (κ3) is 4.61. The second-order valence-electron chi connectivity index (χ2n) is 5.83. The Bertz CT molecular complexity index is 405. The Kier molecular flexibility index (Phi) is 5.99. The molecule has 7 nitrogen and oxygen atoms in total. The molecule has 0 bridgehead atoms. The van der Waals surface area contributed by atoms with Crippen LogP contribution in [-0.2, 0) is 9.59 Å². The molecule has 3 amide bonds. The summed E-state index contributed by atoms with van der Waals surface area (Å²) in [5.41, 5.74) is -0.824. The number of nitrogens with zero attached hydrogens (tertiary/aromatic N) is 1. The van der Waals surface area contributed by atoms with Crippen molar-refractivity contribution in [3.63, 3.8) is 0 Å². The second kappa shape index (κ2) is 7.28. The standard InChI is InChI=1S/C14H25N3O4/c1-4-17(8-11(18)16-10(2)3)13(21)15-9-14(12(19)20)6-5-7-14/h10H,4-9H2,1-3H3,(H,15,21)(H,16,18)(H,19,20). The molecule has 3 N–H and O–H groups in total. The SMILES string of the molecule is CCN(CC(=O)NC(C)C)C(=O)NCC1(C(=O)O)CCC1. The zero-order valence-corrected chi connectivity index (χ0v) is 12.9. The Balaban J connectivity index is 2.48. The molecule has 0 aromatic rings. The highest BCUT2D eigenvalue weighted by Crippen LogP contribution is 2.40. The van der Waals surface area contributed by atoms with Crippen molar-refractivity contribution in [1.82, 2.24) is 15.5 Å². The maximum atomic E-state index is 12.0. The summed E-state index contributed by atoms with van der Waals surface area (Å²) in [5, 5.41) is 14.6. The van der Waals surface area contributed by atoms with Gasteiger partial charge in [0.05, 0.1) is 5.41 Å². The van der Waals surface area contributed by atoms with Crippen molar-refractivity contribution in [2.75, 3.05) is 19.6 Å². The number of carboxylic acids is 1. The lowest BCUT2D eigenvalue weighted by Crippen LogP contribution is -2.52. The molecule has 21 heavy (non-hydrogen) atoms. The largest absolute Gasteiger partial charge is 0.481 e. The molecule has 0 radical (unpaired) electrons. The molecule has 1 saturated carbocycles. The summed E-state index contributed by atoms with van der Waals surface area (Å²) < 4.78 is 0. The van der Waals surface area contributed by atoms with Crippen LogP contribution in [0.5, 0.6) is 0 Å². The number of hydrogen-bond acceptors (Lipinski definition) is 3. The summed E-state index contributed by atoms with van der Waals surface area (Å²) in [5.74, 6) is -1.09. The number of carboxylic acid groups (broad SMARTS) is 1. The second-order valence-corrected chi connectivity index (χ2v) is 5.83. The molecule has 0 atom stereocenters. The molecule has 120 valence electrons. The van der Waals surface area contributed by atoms with Crippen molar-refractivity contribution in [3.8, 4) is 0 Å². The van der Waals surface area contributed by atoms with Gasteiger partial charge in [-0.05, 0) is 33.6 Å². The van der Waals surface area contributed by atoms with Crippen LogP contribution in [0.15, 0.2) is 0 Å². The van der Waals surface area contributed by atoms with Crippen LogP contribution < -0.4 is 10.6 Å². The van der Waals surface area contributed by atoms with Crippen LogP contribution in [0.4, 0.5) is 4.79 Å². The first-order chi connectivity index (χ1) is 9.80. The fourth-order valence-corrected chi connectivity index (χ4v) is 2.29. The average Bonchev–Trinajstić information content (AvgIpc) is 2.32. The van der Waals surface area contributed by atoms with Gasteiger partial charge in [0.2, 0.25) is 5.91 Å². The Morgan fingerprint density at radius 2 is 1.90 bits per heavy atom. The fraction of sp³-hybridized carbons (Fsp3) is 0.786. The zero-order valence-electron chi connectivity index (χ0n) is 12.9. The summed E-state index contributed by atoms with van der Waals surface area (Å²) in [6, 6.07) is -0.381. The van der Waals surface area contributed by atoms with E-state index >= 15 is 0 Å². The fourth-order valence-electron chi connectivity index (χ4n) is 2.29. The van der Waals surface area contributed by atoms with Gasteiger partial charge in [-0.15, -0.1) is 0 Å². The summed E-state index contributed by atoms with van der Waals surface area (Å²) in [4.78, 5) is 36.3. The quantitative estimate of drug-likeness (QED) is 0.647. The first kappa shape index (κ1) is 17.3. The number of carbonyl (C=O) groups is 3. The molecule has 0 aromatic carbocycles. The summed E-state index contributed by atoms with van der Waals surface area (Å²) in [6.45, 7) is 5.95. The van der Waals surface area contributed by atoms with Gasteiger partial charge in [-0.25, -0.2) is 4.79 Å². The van der Waals surface area contributed by atoms with Crippen LogP contribution in [0, 0.1) is 5.41 Å². The highest BCUT2D eigenvalue weighted by molar-refractivity contribution is 5.84. The zero-order chi connectivity index (χ0) is 16.0. The lowest BCUT2D eigenvalue weighted by atomic mass is 9.69. The van der Waals surface area contributed by atoms with Gasteiger partial charge in [-0.2, -0.15) is 0 Å². The van der Waals surface area contributed by atoms with Gasteiger partial charge < -0.3 is 20.6 Å². The molecular formula is C14H25N3O4. The van der Waals surface area contributed by atoms with Crippen molar-refractivity contribution < 1.29 is 19.5 Å². The molecule has 0 spiro atoms. The first-order valence-corrected chi connectivity index (χ1v) is 7.36. The van der Waals surface area contributed by atoms with Gasteiger partial charge in [0, 0.05) is 19.1 Å². The number of urea groups is 1. The molecular weight excluding hydrogens is 274 g/mol. The van der Waals surface area contributed by atoms with Gasteiger partial charge >= 0.3 is 12.0 Å². The number of carbonyl (C=O) groups excluding carboxylic acids is 2. The highest BCUT2D eigenvalue weighted by Gasteiger charge is 2.44. The van der Waals surface area contributed by atoms with E-state index in [1.54, 1.807) is 6.92 Å². The Labute approximate surface area is 125 Å². The van der Waals surface area contributed by atoms with Crippen LogP contribution in [0.25, 0.3) is 0 Å². The maximum Gasteiger partial charge on any atom is 0.317 e. The lowest BCUT2D eigenvalue weighted by molar-refractivity contribution is -0.153. The van der Waals surface area contributed by atoms with Crippen molar-refractivity contribution in [3.05, 3.63) is 0 Å². The van der Waals surface area contributed by atoms with Crippen LogP contribution in [0.2, 0.25) is 0 Å². The van der Waals surface area contributed by atoms with Crippen LogP contribution >= 0.6 is 0 Å². The van der Waals surface area contributed by atoms with E-state index in [9.17, 15) is 19.5 Å². The van der Waals surface area contributed by atoms with E-state index in [1.807, 2.05) is 13.8 Å². The minimum absolute atomic E-state index is 0.0181. The minimum Gasteiger partial charge on any atom is -0.481 e. The summed E-state index contributed by atoms with van der Waals surface area (Å²) in [6.07, 6.45) is 2.04. The van der Waals surface area contributed by atoms with E-state index in [2.05, 4.69) is 10.6 Å². The number of rotatable bonds is 7. The van der Waals surface area contributed by atoms with E-state index < -0.39 is 17.4 Å². The molecule has 0 aliphatic heterocycles. The van der Waals surface area contributed by atoms with Crippen molar-refractivity contribution in [2.24, 2.45) is 5.41 Å². The topological polar surface area (TPSA) is 98.7 Å². The molecule has 0 aromatic heterocycles. The van der Waals surface area contributed by atoms with E-state index in [0.29, 0.717) is 19.4 Å². The number of likely N-dealkylation sites (N-methyl/N-ethyl adjacent to an activating group) is 1. The maximum absolute atomic E-state index is 12.0. The van der Waals surface area contributed by atoms with Gasteiger partial charge in [-0.3, -0.25) is 9.59 Å². The third-order valence-corrected chi connectivity index (χ3v) is 3.80. The molecule has 7 heteroatoms. The monoisotopic (exact) mass is 299 g/mol. The minimum atomic E-state index is -0.866. The van der Waals surface area contributed by atoms with Gasteiger partial charge in [0.15, 0.2) is 0 Å². The van der Waals surface area contributed by atoms with Gasteiger partial charge in [0.25, 0.3) is 0 Å². The van der Waals surface area contributed by atoms with Gasteiger partial charge in [0.1, 0.15) is 6.54 Å². The molecule has 0 saturated heterocycles. The van der Waals surface area contributed by atoms with Crippen molar-refractivity contribution in [2.45, 2.75) is 46.1 Å². The third-order valence-electron chi connectivity index (χ3n) is 3.80. The summed E-state index contributed by atoms with van der Waals surface area (Å²) in [7, 11) is 0. The number of nitrogens with one attached hydrogen (secondary N) is 2. The molecule has 0 unspecified atom stereocenters. The molecule has 1 aliphatic carbocycles. The van der Waals surface area contributed by atoms with Crippen LogP contribution in [0.1, 0.15) is 40.0 Å². The predicted octanol–water partition coefficient (Wildman–Crippen LogP) is 0.797. The molecule has 1 aliphatic rings. The number of aliphatic carboxylic acids is 1. The van der Waals surface area contributed by atoms with Crippen LogP contribution in [0.3, 0.4) is 0 Å². The number of hydrogen-bond donors (Lipinski definition) is 3. The molecule has 1 rings (SSSR count). The first-order valence-electron chi connectivity index (χ1n) is 7.36. The van der Waals surface area contributed by atoms with Crippen molar-refractivity contribution in [1.29, 1.82) is 0 Å². The van der Waals surface area contributed by atoms with Crippen LogP contribution in [-0.4, -0.2) is 53.6 Å². The molecule has 0 heterocycles. The normalized spacial score (nSPS) is 16.0. The Hall–Kier alpha value is -1.79. The average molecular weight is 299 g/mol. The number of amides is 3. The van der Waals surface area contributed by atoms with E-state index in [4.69, 9.17) is 0 Å². The van der Waals surface area contributed by atoms with E-state index in [-0.39, 0.29) is 25.0 Å².